The summed E-state index contributed by atoms with van der Waals surface area (Å²) in [4.78, 5) is 2.42. The highest BCUT2D eigenvalue weighted by Crippen LogP contribution is 2.44. The largest absolute Gasteiger partial charge is 0.456 e. The number of nitrogens with zero attached hydrogens (tertiary/aromatic N) is 1. The minimum absolute atomic E-state index is 0.909. The average Bonchev–Trinajstić information content (AvgIpc) is 3.77. The first-order valence-corrected chi connectivity index (χ1v) is 22.6. The van der Waals surface area contributed by atoms with E-state index in [-0.39, 0.29) is 0 Å². The van der Waals surface area contributed by atoms with Crippen LogP contribution in [0, 0.1) is 0 Å². The topological polar surface area (TPSA) is 16.4 Å². The fourth-order valence-electron chi connectivity index (χ4n) is 10.1. The molecule has 1 aromatic heterocycles. The van der Waals surface area contributed by atoms with Gasteiger partial charge in [0.05, 0.1) is 5.69 Å². The van der Waals surface area contributed by atoms with Crippen molar-refractivity contribution in [1.82, 2.24) is 0 Å². The van der Waals surface area contributed by atoms with Gasteiger partial charge in [-0.2, -0.15) is 0 Å². The lowest BCUT2D eigenvalue weighted by Gasteiger charge is -2.28. The van der Waals surface area contributed by atoms with Crippen molar-refractivity contribution in [2.45, 2.75) is 0 Å². The van der Waals surface area contributed by atoms with Gasteiger partial charge in [0.25, 0.3) is 0 Å². The second-order valence-electron chi connectivity index (χ2n) is 17.3. The van der Waals surface area contributed by atoms with E-state index in [9.17, 15) is 0 Å². The molecule has 0 bridgehead atoms. The predicted molar refractivity (Wildman–Crippen MR) is 280 cm³/mol. The van der Waals surface area contributed by atoms with Gasteiger partial charge >= 0.3 is 0 Å². The highest BCUT2D eigenvalue weighted by atomic mass is 16.3. The van der Waals surface area contributed by atoms with Crippen LogP contribution in [-0.4, -0.2) is 0 Å². The van der Waals surface area contributed by atoms with Crippen LogP contribution >= 0.6 is 0 Å². The summed E-state index contributed by atoms with van der Waals surface area (Å²) in [6, 6.07) is 90.5. The number of furan rings is 1. The van der Waals surface area contributed by atoms with Crippen LogP contribution in [0.3, 0.4) is 0 Å². The Balaban J connectivity index is 0.888. The van der Waals surface area contributed by atoms with Gasteiger partial charge in [-0.15, -0.1) is 0 Å². The van der Waals surface area contributed by atoms with Crippen molar-refractivity contribution >= 4 is 82.1 Å². The third kappa shape index (κ3) is 6.50. The second kappa shape index (κ2) is 15.5. The Hall–Kier alpha value is -8.72. The fraction of sp³-hybridized carbons (Fsp3) is 0. The first-order chi connectivity index (χ1) is 32.7. The Morgan fingerprint density at radius 3 is 1.44 bits per heavy atom. The molecule has 0 N–H and O–H groups in total. The summed E-state index contributed by atoms with van der Waals surface area (Å²) in [7, 11) is 0. The Bertz CT molecular complexity index is 3970. The Labute approximate surface area is 382 Å². The minimum Gasteiger partial charge on any atom is -0.456 e. The molecule has 2 heteroatoms. The monoisotopic (exact) mass is 839 g/mol. The van der Waals surface area contributed by atoms with E-state index >= 15 is 0 Å². The number of rotatable bonds is 7. The molecule has 0 radical (unpaired) electrons. The van der Waals surface area contributed by atoms with Crippen LogP contribution in [-0.2, 0) is 0 Å². The normalized spacial score (nSPS) is 11.6. The van der Waals surface area contributed by atoms with Gasteiger partial charge in [-0.1, -0.05) is 182 Å². The van der Waals surface area contributed by atoms with Crippen LogP contribution < -0.4 is 4.90 Å². The summed E-state index contributed by atoms with van der Waals surface area (Å²) in [5, 5.41) is 12.2. The molecule has 0 amide bonds. The summed E-state index contributed by atoms with van der Waals surface area (Å²) in [5.74, 6) is 0. The van der Waals surface area contributed by atoms with Crippen LogP contribution in [0.1, 0.15) is 0 Å². The molecule has 0 spiro atoms. The van der Waals surface area contributed by atoms with Crippen molar-refractivity contribution in [3.8, 4) is 44.5 Å². The Kier molecular flexibility index (Phi) is 8.89. The smallest absolute Gasteiger partial charge is 0.136 e. The highest BCUT2D eigenvalue weighted by molar-refractivity contribution is 6.15. The fourth-order valence-corrected chi connectivity index (χ4v) is 10.1. The summed E-state index contributed by atoms with van der Waals surface area (Å²) in [6.45, 7) is 0. The number of benzene rings is 12. The molecule has 0 atom stereocenters. The van der Waals surface area contributed by atoms with Crippen molar-refractivity contribution in [2.75, 3.05) is 4.90 Å². The molecule has 2 nitrogen and oxygen atoms in total. The molecule has 66 heavy (non-hydrogen) atoms. The molecule has 308 valence electrons. The minimum atomic E-state index is 0.909. The number of anilines is 3. The van der Waals surface area contributed by atoms with Gasteiger partial charge in [0, 0.05) is 27.5 Å². The first kappa shape index (κ1) is 37.8. The molecule has 0 aliphatic carbocycles. The predicted octanol–water partition coefficient (Wildman–Crippen LogP) is 18.3. The van der Waals surface area contributed by atoms with Crippen molar-refractivity contribution < 1.29 is 4.42 Å². The SMILES string of the molecule is c1ccc2cc(-c3cc(-c4ccc(N(c5ccc(-c6ccc(-c7ccc8c(c7)oc7ccccc78)cc6)cc5)c5cc6ccccc6c6ccccc56)cc4)c4ccccc4c3)ccc2c1. The quantitative estimate of drug-likeness (QED) is 0.149. The standard InChI is InChI=1S/C64H41NO/c1-2-12-47-37-48(26-25-42(47)11-1)52-38-50-13-3-6-16-56(50)61(39-52)46-29-34-54(35-30-46)65(62-40-51-14-4-5-15-55(51)57-17-7-8-18-58(57)62)53-32-27-44(28-33-53)43-21-23-45(24-22-43)49-31-36-60-59-19-9-10-20-63(59)66-64(60)41-49/h1-41H. The van der Waals surface area contributed by atoms with E-state index in [4.69, 9.17) is 4.42 Å². The molecule has 0 saturated heterocycles. The molecule has 0 unspecified atom stereocenters. The highest BCUT2D eigenvalue weighted by Gasteiger charge is 2.19. The maximum Gasteiger partial charge on any atom is 0.136 e. The molecule has 13 aromatic rings. The Morgan fingerprint density at radius 2 is 0.712 bits per heavy atom. The van der Waals surface area contributed by atoms with E-state index in [1.54, 1.807) is 0 Å². The zero-order valence-corrected chi connectivity index (χ0v) is 36.0. The molecule has 0 saturated carbocycles. The van der Waals surface area contributed by atoms with E-state index < -0.39 is 0 Å². The average molecular weight is 840 g/mol. The lowest BCUT2D eigenvalue weighted by molar-refractivity contribution is 0.669. The zero-order chi connectivity index (χ0) is 43.6. The van der Waals surface area contributed by atoms with Crippen molar-refractivity contribution in [3.05, 3.63) is 249 Å². The molecule has 0 fully saturated rings. The van der Waals surface area contributed by atoms with E-state index in [2.05, 4.69) is 241 Å². The van der Waals surface area contributed by atoms with Crippen LogP contribution in [0.15, 0.2) is 253 Å². The molecule has 0 aliphatic rings. The van der Waals surface area contributed by atoms with Crippen molar-refractivity contribution in [2.24, 2.45) is 0 Å². The molecular formula is C64H41NO. The Morgan fingerprint density at radius 1 is 0.242 bits per heavy atom. The summed E-state index contributed by atoms with van der Waals surface area (Å²) < 4.78 is 6.21. The van der Waals surface area contributed by atoms with Gasteiger partial charge in [-0.3, -0.25) is 0 Å². The molecule has 1 heterocycles. The molecule has 12 aromatic carbocycles. The zero-order valence-electron chi connectivity index (χ0n) is 36.0. The van der Waals surface area contributed by atoms with E-state index in [1.165, 1.54) is 70.9 Å². The van der Waals surface area contributed by atoms with E-state index in [1.807, 2.05) is 12.1 Å². The van der Waals surface area contributed by atoms with Crippen molar-refractivity contribution in [1.29, 1.82) is 0 Å². The number of fused-ring (bicyclic) bond motifs is 8. The lowest BCUT2D eigenvalue weighted by atomic mass is 9.92. The second-order valence-corrected chi connectivity index (χ2v) is 17.3. The molecule has 0 aliphatic heterocycles. The summed E-state index contributed by atoms with van der Waals surface area (Å²) in [5.41, 5.74) is 14.6. The van der Waals surface area contributed by atoms with Crippen LogP contribution in [0.4, 0.5) is 17.1 Å². The van der Waals surface area contributed by atoms with E-state index in [0.717, 1.165) is 55.7 Å². The first-order valence-electron chi connectivity index (χ1n) is 22.6. The van der Waals surface area contributed by atoms with Gasteiger partial charge in [0.1, 0.15) is 11.2 Å². The number of hydrogen-bond donors (Lipinski definition) is 0. The van der Waals surface area contributed by atoms with Gasteiger partial charge in [-0.05, 0) is 149 Å². The maximum atomic E-state index is 6.21. The van der Waals surface area contributed by atoms with Crippen LogP contribution in [0.2, 0.25) is 0 Å². The van der Waals surface area contributed by atoms with Gasteiger partial charge in [-0.25, -0.2) is 0 Å². The summed E-state index contributed by atoms with van der Waals surface area (Å²) >= 11 is 0. The summed E-state index contributed by atoms with van der Waals surface area (Å²) in [6.07, 6.45) is 0. The lowest BCUT2D eigenvalue weighted by Crippen LogP contribution is -2.10. The maximum absolute atomic E-state index is 6.21. The van der Waals surface area contributed by atoms with Crippen LogP contribution in [0.5, 0.6) is 0 Å². The van der Waals surface area contributed by atoms with Gasteiger partial charge in [0.15, 0.2) is 0 Å². The third-order valence-corrected chi connectivity index (χ3v) is 13.4. The number of hydrogen-bond acceptors (Lipinski definition) is 2. The molecular weight excluding hydrogens is 799 g/mol. The third-order valence-electron chi connectivity index (χ3n) is 13.4. The number of para-hydroxylation sites is 1. The van der Waals surface area contributed by atoms with Gasteiger partial charge < -0.3 is 9.32 Å². The molecule has 13 rings (SSSR count). The van der Waals surface area contributed by atoms with Crippen molar-refractivity contribution in [3.63, 3.8) is 0 Å². The van der Waals surface area contributed by atoms with E-state index in [0.29, 0.717) is 0 Å². The van der Waals surface area contributed by atoms with Crippen LogP contribution in [0.25, 0.3) is 110 Å². The van der Waals surface area contributed by atoms with Gasteiger partial charge in [0.2, 0.25) is 0 Å².